The first kappa shape index (κ1) is 8.47. The molecule has 2 aromatic heterocycles. The Morgan fingerprint density at radius 2 is 2.38 bits per heavy atom. The highest BCUT2D eigenvalue weighted by Crippen LogP contribution is 2.18. The number of fused-ring (bicyclic) bond motifs is 1. The highest BCUT2D eigenvalue weighted by molar-refractivity contribution is 6.33. The maximum absolute atomic E-state index is 5.85. The summed E-state index contributed by atoms with van der Waals surface area (Å²) in [4.78, 5) is 11.3. The molecule has 0 fully saturated rings. The third-order valence-corrected chi connectivity index (χ3v) is 2.06. The van der Waals surface area contributed by atoms with Crippen LogP contribution in [-0.4, -0.2) is 21.5 Å². The molecule has 0 unspecified atom stereocenters. The standard InChI is InChI=1S/C8H9ClN4/c9-8-7-5(2-4-11-8)12-6(13-7)1-3-10/h2,4H,1,3,10H2,(H,12,13). The summed E-state index contributed by atoms with van der Waals surface area (Å²) in [5, 5.41) is 0.428. The Kier molecular flexibility index (Phi) is 2.16. The van der Waals surface area contributed by atoms with Crippen LogP contribution in [0.15, 0.2) is 12.3 Å². The molecular formula is C8H9ClN4. The van der Waals surface area contributed by atoms with Crippen molar-refractivity contribution >= 4 is 22.6 Å². The van der Waals surface area contributed by atoms with Crippen molar-refractivity contribution in [1.29, 1.82) is 0 Å². The van der Waals surface area contributed by atoms with E-state index < -0.39 is 0 Å². The summed E-state index contributed by atoms with van der Waals surface area (Å²) in [6, 6.07) is 1.84. The zero-order valence-corrected chi connectivity index (χ0v) is 7.67. The molecular weight excluding hydrogens is 188 g/mol. The van der Waals surface area contributed by atoms with Crippen LogP contribution in [-0.2, 0) is 6.42 Å². The molecule has 5 heteroatoms. The molecule has 0 saturated heterocycles. The zero-order chi connectivity index (χ0) is 9.26. The molecule has 0 aromatic carbocycles. The summed E-state index contributed by atoms with van der Waals surface area (Å²) in [5.41, 5.74) is 7.03. The maximum Gasteiger partial charge on any atom is 0.156 e. The Bertz CT molecular complexity index is 423. The van der Waals surface area contributed by atoms with E-state index in [1.54, 1.807) is 6.20 Å². The van der Waals surface area contributed by atoms with Gasteiger partial charge in [-0.25, -0.2) is 9.97 Å². The van der Waals surface area contributed by atoms with Gasteiger partial charge in [-0.2, -0.15) is 0 Å². The van der Waals surface area contributed by atoms with E-state index in [9.17, 15) is 0 Å². The van der Waals surface area contributed by atoms with Gasteiger partial charge in [0.25, 0.3) is 0 Å². The van der Waals surface area contributed by atoms with Crippen LogP contribution >= 0.6 is 11.6 Å². The average molecular weight is 197 g/mol. The molecule has 68 valence electrons. The molecule has 0 aliphatic heterocycles. The summed E-state index contributed by atoms with van der Waals surface area (Å²) in [6.07, 6.45) is 2.38. The van der Waals surface area contributed by atoms with Crippen molar-refractivity contribution in [3.8, 4) is 0 Å². The number of hydrogen-bond donors (Lipinski definition) is 2. The van der Waals surface area contributed by atoms with Crippen LogP contribution in [0.3, 0.4) is 0 Å². The molecule has 0 saturated carbocycles. The van der Waals surface area contributed by atoms with Crippen LogP contribution < -0.4 is 5.73 Å². The molecule has 4 nitrogen and oxygen atoms in total. The molecule has 3 N–H and O–H groups in total. The maximum atomic E-state index is 5.85. The van der Waals surface area contributed by atoms with Gasteiger partial charge < -0.3 is 10.7 Å². The predicted octanol–water partition coefficient (Wildman–Crippen LogP) is 1.11. The lowest BCUT2D eigenvalue weighted by atomic mass is 10.4. The molecule has 2 heterocycles. The van der Waals surface area contributed by atoms with Crippen molar-refractivity contribution in [2.75, 3.05) is 6.54 Å². The van der Waals surface area contributed by atoms with Crippen LogP contribution in [0, 0.1) is 0 Å². The molecule has 0 bridgehead atoms. The van der Waals surface area contributed by atoms with Crippen LogP contribution in [0.1, 0.15) is 5.82 Å². The Hall–Kier alpha value is -1.13. The lowest BCUT2D eigenvalue weighted by Gasteiger charge is -1.87. The zero-order valence-electron chi connectivity index (χ0n) is 6.92. The van der Waals surface area contributed by atoms with Gasteiger partial charge in [-0.05, 0) is 12.6 Å². The van der Waals surface area contributed by atoms with Crippen LogP contribution in [0.5, 0.6) is 0 Å². The largest absolute Gasteiger partial charge is 0.342 e. The summed E-state index contributed by atoms with van der Waals surface area (Å²) < 4.78 is 0. The topological polar surface area (TPSA) is 67.6 Å². The number of pyridine rings is 1. The predicted molar refractivity (Wildman–Crippen MR) is 51.7 cm³/mol. The Balaban J connectivity index is 2.55. The Morgan fingerprint density at radius 3 is 3.08 bits per heavy atom. The number of rotatable bonds is 2. The minimum atomic E-state index is 0.428. The molecule has 0 amide bonds. The van der Waals surface area contributed by atoms with Crippen LogP contribution in [0.2, 0.25) is 5.15 Å². The lowest BCUT2D eigenvalue weighted by molar-refractivity contribution is 0.900. The highest BCUT2D eigenvalue weighted by atomic mass is 35.5. The number of aromatic nitrogens is 3. The summed E-state index contributed by atoms with van der Waals surface area (Å²) in [7, 11) is 0. The van der Waals surface area contributed by atoms with Crippen LogP contribution in [0.25, 0.3) is 11.0 Å². The van der Waals surface area contributed by atoms with E-state index in [-0.39, 0.29) is 0 Å². The second-order valence-electron chi connectivity index (χ2n) is 2.72. The van der Waals surface area contributed by atoms with Crippen LogP contribution in [0.4, 0.5) is 0 Å². The third-order valence-electron chi connectivity index (χ3n) is 1.79. The van der Waals surface area contributed by atoms with Gasteiger partial charge >= 0.3 is 0 Å². The van der Waals surface area contributed by atoms with Gasteiger partial charge in [0.1, 0.15) is 11.3 Å². The van der Waals surface area contributed by atoms with E-state index >= 15 is 0 Å². The monoisotopic (exact) mass is 196 g/mol. The fraction of sp³-hybridized carbons (Fsp3) is 0.250. The number of nitrogens with two attached hydrogens (primary N) is 1. The molecule has 2 rings (SSSR count). The molecule has 0 atom stereocenters. The van der Waals surface area contributed by atoms with Crippen molar-refractivity contribution < 1.29 is 0 Å². The first-order chi connectivity index (χ1) is 6.31. The lowest BCUT2D eigenvalue weighted by Crippen LogP contribution is -2.03. The first-order valence-electron chi connectivity index (χ1n) is 4.00. The van der Waals surface area contributed by atoms with E-state index in [1.807, 2.05) is 6.07 Å². The Labute approximate surface area is 80.1 Å². The highest BCUT2D eigenvalue weighted by Gasteiger charge is 2.05. The van der Waals surface area contributed by atoms with E-state index in [2.05, 4.69) is 15.0 Å². The van der Waals surface area contributed by atoms with E-state index in [4.69, 9.17) is 17.3 Å². The molecule has 0 radical (unpaired) electrons. The van der Waals surface area contributed by atoms with Crippen molar-refractivity contribution in [2.24, 2.45) is 5.73 Å². The molecule has 0 aliphatic rings. The van der Waals surface area contributed by atoms with Gasteiger partial charge in [0.2, 0.25) is 0 Å². The summed E-state index contributed by atoms with van der Waals surface area (Å²) in [6.45, 7) is 0.574. The average Bonchev–Trinajstić information content (AvgIpc) is 2.49. The normalized spacial score (nSPS) is 10.9. The number of H-pyrrole nitrogens is 1. The number of imidazole rings is 1. The van der Waals surface area contributed by atoms with Crippen molar-refractivity contribution in [3.05, 3.63) is 23.2 Å². The number of nitrogens with one attached hydrogen (secondary N) is 1. The number of halogens is 1. The van der Waals surface area contributed by atoms with Crippen molar-refractivity contribution in [3.63, 3.8) is 0 Å². The minimum Gasteiger partial charge on any atom is -0.342 e. The molecule has 13 heavy (non-hydrogen) atoms. The summed E-state index contributed by atoms with van der Waals surface area (Å²) >= 11 is 5.85. The van der Waals surface area contributed by atoms with E-state index in [0.717, 1.165) is 17.8 Å². The second kappa shape index (κ2) is 3.32. The van der Waals surface area contributed by atoms with Gasteiger partial charge in [-0.15, -0.1) is 0 Å². The van der Waals surface area contributed by atoms with E-state index in [0.29, 0.717) is 17.2 Å². The van der Waals surface area contributed by atoms with Gasteiger partial charge in [-0.3, -0.25) is 0 Å². The van der Waals surface area contributed by atoms with Gasteiger partial charge in [-0.1, -0.05) is 11.6 Å². The third kappa shape index (κ3) is 1.50. The Morgan fingerprint density at radius 1 is 1.54 bits per heavy atom. The van der Waals surface area contributed by atoms with Gasteiger partial charge in [0.15, 0.2) is 5.15 Å². The quantitative estimate of drug-likeness (QED) is 0.708. The molecule has 2 aromatic rings. The molecule has 0 aliphatic carbocycles. The van der Waals surface area contributed by atoms with Crippen molar-refractivity contribution in [2.45, 2.75) is 6.42 Å². The number of hydrogen-bond acceptors (Lipinski definition) is 3. The number of aromatic amines is 1. The van der Waals surface area contributed by atoms with E-state index in [1.165, 1.54) is 0 Å². The minimum absolute atomic E-state index is 0.428. The molecule has 0 spiro atoms. The van der Waals surface area contributed by atoms with Gasteiger partial charge in [0, 0.05) is 12.6 Å². The fourth-order valence-corrected chi connectivity index (χ4v) is 1.41. The summed E-state index contributed by atoms with van der Waals surface area (Å²) in [5.74, 6) is 0.854. The number of nitrogens with zero attached hydrogens (tertiary/aromatic N) is 2. The van der Waals surface area contributed by atoms with Crippen molar-refractivity contribution in [1.82, 2.24) is 15.0 Å². The first-order valence-corrected chi connectivity index (χ1v) is 4.38. The fourth-order valence-electron chi connectivity index (χ4n) is 1.21. The second-order valence-corrected chi connectivity index (χ2v) is 3.08. The smallest absolute Gasteiger partial charge is 0.156 e. The SMILES string of the molecule is NCCc1nc2c(Cl)nccc2[nH]1. The van der Waals surface area contributed by atoms with Gasteiger partial charge in [0.05, 0.1) is 5.52 Å².